The van der Waals surface area contributed by atoms with Crippen LogP contribution in [0.2, 0.25) is 0 Å². The zero-order chi connectivity index (χ0) is 12.4. The molecule has 0 bridgehead atoms. The van der Waals surface area contributed by atoms with Crippen molar-refractivity contribution >= 4 is 0 Å². The molecule has 1 heterocycles. The molecule has 5 heteroatoms. The Morgan fingerprint density at radius 3 is 2.59 bits per heavy atom. The Morgan fingerprint density at radius 1 is 1.35 bits per heavy atom. The van der Waals surface area contributed by atoms with Crippen LogP contribution in [-0.4, -0.2) is 9.97 Å². The third kappa shape index (κ3) is 2.19. The summed E-state index contributed by atoms with van der Waals surface area (Å²) >= 11 is 0. The number of H-pyrrole nitrogens is 1. The van der Waals surface area contributed by atoms with Crippen molar-refractivity contribution in [3.05, 3.63) is 41.9 Å². The number of nitrogens with two attached hydrogens (primary N) is 1. The number of aromatic nitrogens is 2. The van der Waals surface area contributed by atoms with Crippen molar-refractivity contribution in [2.24, 2.45) is 5.73 Å². The molecule has 1 aromatic heterocycles. The molecule has 1 atom stereocenters. The number of benzene rings is 1. The van der Waals surface area contributed by atoms with Gasteiger partial charge in [0.25, 0.3) is 0 Å². The summed E-state index contributed by atoms with van der Waals surface area (Å²) in [7, 11) is 0. The number of nitrogens with zero attached hydrogens (tertiary/aromatic N) is 1. The second kappa shape index (κ2) is 4.63. The smallest absolute Gasteiger partial charge is 0.135 e. The highest BCUT2D eigenvalue weighted by molar-refractivity contribution is 5.60. The Bertz CT molecular complexity index is 502. The molecule has 17 heavy (non-hydrogen) atoms. The van der Waals surface area contributed by atoms with E-state index in [2.05, 4.69) is 9.97 Å². The van der Waals surface area contributed by atoms with Crippen LogP contribution in [0.1, 0.15) is 25.2 Å². The number of imidazole rings is 1. The molecule has 0 amide bonds. The average molecular weight is 237 g/mol. The molecule has 2 rings (SSSR count). The number of hydrogen-bond donors (Lipinski definition) is 2. The lowest BCUT2D eigenvalue weighted by Gasteiger charge is -2.04. The van der Waals surface area contributed by atoms with Crippen molar-refractivity contribution < 1.29 is 8.78 Å². The normalized spacial score (nSPS) is 12.7. The maximum atomic E-state index is 13.5. The Morgan fingerprint density at radius 2 is 2.00 bits per heavy atom. The predicted octanol–water partition coefficient (Wildman–Crippen LogP) is 2.76. The van der Waals surface area contributed by atoms with Crippen molar-refractivity contribution in [2.75, 3.05) is 0 Å². The quantitative estimate of drug-likeness (QED) is 0.862. The van der Waals surface area contributed by atoms with Crippen LogP contribution in [0.3, 0.4) is 0 Å². The average Bonchev–Trinajstić information content (AvgIpc) is 2.77. The minimum absolute atomic E-state index is 0.102. The first-order valence-electron chi connectivity index (χ1n) is 5.38. The third-order valence-corrected chi connectivity index (χ3v) is 2.62. The van der Waals surface area contributed by atoms with Crippen LogP contribution < -0.4 is 5.73 Å². The van der Waals surface area contributed by atoms with E-state index in [4.69, 9.17) is 5.73 Å². The Kier molecular flexibility index (Phi) is 3.19. The van der Waals surface area contributed by atoms with Crippen molar-refractivity contribution in [3.63, 3.8) is 0 Å². The SMILES string of the molecule is CCC(N)c1ncc(-c2c(F)cccc2F)[nH]1. The van der Waals surface area contributed by atoms with Gasteiger partial charge in [-0.05, 0) is 18.6 Å². The standard InChI is InChI=1S/C12H13F2N3/c1-2-9(15)12-16-6-10(17-12)11-7(13)4-3-5-8(11)14/h3-6,9H,2,15H2,1H3,(H,16,17). The molecule has 3 N–H and O–H groups in total. The topological polar surface area (TPSA) is 54.7 Å². The molecule has 0 radical (unpaired) electrons. The van der Waals surface area contributed by atoms with E-state index in [-0.39, 0.29) is 11.6 Å². The van der Waals surface area contributed by atoms with Gasteiger partial charge >= 0.3 is 0 Å². The summed E-state index contributed by atoms with van der Waals surface area (Å²) in [4.78, 5) is 6.88. The summed E-state index contributed by atoms with van der Waals surface area (Å²) in [6.07, 6.45) is 2.10. The lowest BCUT2D eigenvalue weighted by Crippen LogP contribution is -2.10. The lowest BCUT2D eigenvalue weighted by molar-refractivity contribution is 0.588. The summed E-state index contributed by atoms with van der Waals surface area (Å²) in [5.74, 6) is -0.708. The molecule has 0 spiro atoms. The van der Waals surface area contributed by atoms with Crippen LogP contribution in [0.15, 0.2) is 24.4 Å². The fraction of sp³-hybridized carbons (Fsp3) is 0.250. The van der Waals surface area contributed by atoms with Crippen molar-refractivity contribution in [3.8, 4) is 11.3 Å². The molecule has 1 unspecified atom stereocenters. The first kappa shape index (κ1) is 11.7. The Balaban J connectivity index is 2.44. The summed E-state index contributed by atoms with van der Waals surface area (Å²) < 4.78 is 27.0. The van der Waals surface area contributed by atoms with E-state index < -0.39 is 11.6 Å². The zero-order valence-corrected chi connectivity index (χ0v) is 9.37. The van der Waals surface area contributed by atoms with Crippen LogP contribution in [0.25, 0.3) is 11.3 Å². The van der Waals surface area contributed by atoms with Gasteiger partial charge in [0.2, 0.25) is 0 Å². The largest absolute Gasteiger partial charge is 0.341 e. The van der Waals surface area contributed by atoms with E-state index in [9.17, 15) is 8.78 Å². The predicted molar refractivity (Wildman–Crippen MR) is 61.2 cm³/mol. The molecule has 0 fully saturated rings. The molecule has 0 aliphatic heterocycles. The summed E-state index contributed by atoms with van der Waals surface area (Å²) in [6, 6.07) is 3.49. The van der Waals surface area contributed by atoms with E-state index in [1.54, 1.807) is 0 Å². The number of rotatable bonds is 3. The molecule has 2 aromatic rings. The number of aromatic amines is 1. The van der Waals surface area contributed by atoms with Gasteiger partial charge in [-0.2, -0.15) is 0 Å². The van der Waals surface area contributed by atoms with Crippen LogP contribution in [0, 0.1) is 11.6 Å². The molecule has 90 valence electrons. The van der Waals surface area contributed by atoms with Gasteiger partial charge in [-0.25, -0.2) is 13.8 Å². The number of nitrogens with one attached hydrogen (secondary N) is 1. The second-order valence-electron chi connectivity index (χ2n) is 3.79. The highest BCUT2D eigenvalue weighted by atomic mass is 19.1. The highest BCUT2D eigenvalue weighted by Gasteiger charge is 2.15. The van der Waals surface area contributed by atoms with E-state index in [0.29, 0.717) is 17.9 Å². The van der Waals surface area contributed by atoms with Gasteiger partial charge in [0.05, 0.1) is 23.5 Å². The fourth-order valence-corrected chi connectivity index (χ4v) is 1.60. The zero-order valence-electron chi connectivity index (χ0n) is 9.37. The molecular formula is C12H13F2N3. The maximum Gasteiger partial charge on any atom is 0.135 e. The van der Waals surface area contributed by atoms with Gasteiger partial charge in [0.15, 0.2) is 0 Å². The fourth-order valence-electron chi connectivity index (χ4n) is 1.60. The van der Waals surface area contributed by atoms with E-state index >= 15 is 0 Å². The van der Waals surface area contributed by atoms with E-state index in [0.717, 1.165) is 0 Å². The van der Waals surface area contributed by atoms with Gasteiger partial charge in [-0.3, -0.25) is 0 Å². The maximum absolute atomic E-state index is 13.5. The molecule has 1 aromatic carbocycles. The number of halogens is 2. The molecule has 3 nitrogen and oxygen atoms in total. The van der Waals surface area contributed by atoms with Gasteiger partial charge in [-0.1, -0.05) is 13.0 Å². The monoisotopic (exact) mass is 237 g/mol. The van der Waals surface area contributed by atoms with Crippen LogP contribution >= 0.6 is 0 Å². The van der Waals surface area contributed by atoms with Crippen molar-refractivity contribution in [1.29, 1.82) is 0 Å². The molecule has 0 aliphatic carbocycles. The van der Waals surface area contributed by atoms with Gasteiger partial charge < -0.3 is 10.7 Å². The molecule has 0 saturated carbocycles. The summed E-state index contributed by atoms with van der Waals surface area (Å²) in [5, 5.41) is 0. The minimum atomic E-state index is -0.620. The minimum Gasteiger partial charge on any atom is -0.341 e. The van der Waals surface area contributed by atoms with Gasteiger partial charge in [0, 0.05) is 0 Å². The van der Waals surface area contributed by atoms with Gasteiger partial charge in [0.1, 0.15) is 17.5 Å². The first-order valence-corrected chi connectivity index (χ1v) is 5.38. The second-order valence-corrected chi connectivity index (χ2v) is 3.79. The van der Waals surface area contributed by atoms with Crippen molar-refractivity contribution in [1.82, 2.24) is 9.97 Å². The van der Waals surface area contributed by atoms with Crippen LogP contribution in [-0.2, 0) is 0 Å². The van der Waals surface area contributed by atoms with E-state index in [1.807, 2.05) is 6.92 Å². The summed E-state index contributed by atoms with van der Waals surface area (Å²) in [6.45, 7) is 1.91. The molecule has 0 saturated heterocycles. The Hall–Kier alpha value is -1.75. The Labute approximate surface area is 97.7 Å². The molecule has 0 aliphatic rings. The third-order valence-electron chi connectivity index (χ3n) is 2.62. The van der Waals surface area contributed by atoms with Crippen molar-refractivity contribution in [2.45, 2.75) is 19.4 Å². The lowest BCUT2D eigenvalue weighted by atomic mass is 10.1. The first-order chi connectivity index (χ1) is 8.13. The highest BCUT2D eigenvalue weighted by Crippen LogP contribution is 2.25. The summed E-state index contributed by atoms with van der Waals surface area (Å²) in [5.41, 5.74) is 5.98. The van der Waals surface area contributed by atoms with E-state index in [1.165, 1.54) is 24.4 Å². The van der Waals surface area contributed by atoms with Crippen LogP contribution in [0.5, 0.6) is 0 Å². The van der Waals surface area contributed by atoms with Gasteiger partial charge in [-0.15, -0.1) is 0 Å². The van der Waals surface area contributed by atoms with Crippen LogP contribution in [0.4, 0.5) is 8.78 Å². The number of hydrogen-bond acceptors (Lipinski definition) is 2. The molecular weight excluding hydrogens is 224 g/mol.